The van der Waals surface area contributed by atoms with Crippen molar-refractivity contribution in [3.05, 3.63) is 17.0 Å². The van der Waals surface area contributed by atoms with Crippen LogP contribution in [0.5, 0.6) is 0 Å². The number of likely N-dealkylation sites (N-methyl/N-ethyl adjacent to an activating group) is 1. The summed E-state index contributed by atoms with van der Waals surface area (Å²) in [5.41, 5.74) is 0.960. The standard InChI is InChI=1S/C12H19N3O3/c1-5-13-9(16)6-14-12(17)10-8(4)15-18-11(10)7(2)3/h7H,5-6H2,1-4H3,(H,13,16)(H,14,17). The van der Waals surface area contributed by atoms with Crippen LogP contribution in [-0.4, -0.2) is 30.1 Å². The van der Waals surface area contributed by atoms with Gasteiger partial charge in [0.15, 0.2) is 5.76 Å². The Labute approximate surface area is 106 Å². The van der Waals surface area contributed by atoms with E-state index in [1.165, 1.54) is 0 Å². The second-order valence-electron chi connectivity index (χ2n) is 4.30. The van der Waals surface area contributed by atoms with Gasteiger partial charge in [-0.2, -0.15) is 0 Å². The topological polar surface area (TPSA) is 84.2 Å². The molecule has 1 aromatic rings. The largest absolute Gasteiger partial charge is 0.360 e. The highest BCUT2D eigenvalue weighted by molar-refractivity contribution is 5.98. The second-order valence-corrected chi connectivity index (χ2v) is 4.30. The SMILES string of the molecule is CCNC(=O)CNC(=O)c1c(C)noc1C(C)C. The Balaban J connectivity index is 2.72. The minimum absolute atomic E-state index is 0.0468. The lowest BCUT2D eigenvalue weighted by molar-refractivity contribution is -0.120. The quantitative estimate of drug-likeness (QED) is 0.819. The molecule has 0 aliphatic rings. The molecular formula is C12H19N3O3. The van der Waals surface area contributed by atoms with Gasteiger partial charge >= 0.3 is 0 Å². The number of rotatable bonds is 5. The monoisotopic (exact) mass is 253 g/mol. The fourth-order valence-electron chi connectivity index (χ4n) is 1.57. The molecule has 0 bridgehead atoms. The fraction of sp³-hybridized carbons (Fsp3) is 0.583. The van der Waals surface area contributed by atoms with Crippen molar-refractivity contribution in [1.29, 1.82) is 0 Å². The summed E-state index contributed by atoms with van der Waals surface area (Å²) in [5, 5.41) is 8.95. The smallest absolute Gasteiger partial charge is 0.257 e. The average molecular weight is 253 g/mol. The lowest BCUT2D eigenvalue weighted by atomic mass is 10.0. The highest BCUT2D eigenvalue weighted by Gasteiger charge is 2.22. The van der Waals surface area contributed by atoms with Crippen molar-refractivity contribution >= 4 is 11.8 Å². The maximum Gasteiger partial charge on any atom is 0.257 e. The van der Waals surface area contributed by atoms with E-state index in [0.29, 0.717) is 23.6 Å². The molecule has 2 amide bonds. The van der Waals surface area contributed by atoms with Crippen molar-refractivity contribution in [1.82, 2.24) is 15.8 Å². The lowest BCUT2D eigenvalue weighted by Gasteiger charge is -2.07. The summed E-state index contributed by atoms with van der Waals surface area (Å²) in [4.78, 5) is 23.2. The summed E-state index contributed by atoms with van der Waals surface area (Å²) in [6.07, 6.45) is 0. The number of aryl methyl sites for hydroxylation is 1. The van der Waals surface area contributed by atoms with Crippen molar-refractivity contribution < 1.29 is 14.1 Å². The van der Waals surface area contributed by atoms with Crippen molar-refractivity contribution in [2.75, 3.05) is 13.1 Å². The molecule has 6 heteroatoms. The van der Waals surface area contributed by atoms with Crippen LogP contribution in [0.1, 0.15) is 48.5 Å². The molecule has 0 saturated carbocycles. The highest BCUT2D eigenvalue weighted by atomic mass is 16.5. The summed E-state index contributed by atoms with van der Waals surface area (Å²) < 4.78 is 5.12. The third kappa shape index (κ3) is 3.32. The molecule has 0 aromatic carbocycles. The van der Waals surface area contributed by atoms with Gasteiger partial charge in [-0.3, -0.25) is 9.59 Å². The zero-order valence-electron chi connectivity index (χ0n) is 11.2. The van der Waals surface area contributed by atoms with E-state index in [0.717, 1.165) is 0 Å². The first-order valence-corrected chi connectivity index (χ1v) is 5.98. The Morgan fingerprint density at radius 3 is 2.56 bits per heavy atom. The molecule has 1 heterocycles. The fourth-order valence-corrected chi connectivity index (χ4v) is 1.57. The molecule has 0 unspecified atom stereocenters. The third-order valence-electron chi connectivity index (χ3n) is 2.42. The molecule has 0 aliphatic heterocycles. The van der Waals surface area contributed by atoms with Crippen LogP contribution in [0.4, 0.5) is 0 Å². The van der Waals surface area contributed by atoms with E-state index in [1.54, 1.807) is 6.92 Å². The Hall–Kier alpha value is -1.85. The van der Waals surface area contributed by atoms with Crippen molar-refractivity contribution in [2.45, 2.75) is 33.6 Å². The Morgan fingerprint density at radius 1 is 1.33 bits per heavy atom. The van der Waals surface area contributed by atoms with E-state index in [-0.39, 0.29) is 24.3 Å². The highest BCUT2D eigenvalue weighted by Crippen LogP contribution is 2.21. The van der Waals surface area contributed by atoms with E-state index < -0.39 is 0 Å². The average Bonchev–Trinajstić information content (AvgIpc) is 2.68. The van der Waals surface area contributed by atoms with Gasteiger partial charge in [0.2, 0.25) is 5.91 Å². The maximum atomic E-state index is 12.0. The van der Waals surface area contributed by atoms with Crippen LogP contribution in [-0.2, 0) is 4.79 Å². The van der Waals surface area contributed by atoms with Gasteiger partial charge in [0, 0.05) is 12.5 Å². The minimum Gasteiger partial charge on any atom is -0.360 e. The molecule has 0 spiro atoms. The molecule has 0 fully saturated rings. The third-order valence-corrected chi connectivity index (χ3v) is 2.42. The number of carbonyl (C=O) groups is 2. The molecule has 1 aromatic heterocycles. The molecule has 0 atom stereocenters. The van der Waals surface area contributed by atoms with Crippen molar-refractivity contribution in [3.63, 3.8) is 0 Å². The first kappa shape index (κ1) is 14.2. The van der Waals surface area contributed by atoms with Crippen molar-refractivity contribution in [3.8, 4) is 0 Å². The molecule has 0 radical (unpaired) electrons. The van der Waals surface area contributed by atoms with Crippen LogP contribution in [0.3, 0.4) is 0 Å². The minimum atomic E-state index is -0.330. The maximum absolute atomic E-state index is 12.0. The summed E-state index contributed by atoms with van der Waals surface area (Å²) in [6.45, 7) is 7.85. The molecule has 0 saturated heterocycles. The van der Waals surface area contributed by atoms with Crippen LogP contribution in [0.15, 0.2) is 4.52 Å². The van der Waals surface area contributed by atoms with Gasteiger partial charge in [0.1, 0.15) is 5.56 Å². The number of nitrogens with one attached hydrogen (secondary N) is 2. The van der Waals surface area contributed by atoms with Gasteiger partial charge in [-0.05, 0) is 13.8 Å². The first-order valence-electron chi connectivity index (χ1n) is 5.98. The molecule has 18 heavy (non-hydrogen) atoms. The van der Waals surface area contributed by atoms with Gasteiger partial charge in [0.05, 0.1) is 12.2 Å². The van der Waals surface area contributed by atoms with E-state index in [2.05, 4.69) is 15.8 Å². The van der Waals surface area contributed by atoms with Crippen molar-refractivity contribution in [2.24, 2.45) is 0 Å². The van der Waals surface area contributed by atoms with Crippen LogP contribution in [0.2, 0.25) is 0 Å². The normalized spacial score (nSPS) is 10.5. The van der Waals surface area contributed by atoms with E-state index in [4.69, 9.17) is 4.52 Å². The number of amides is 2. The van der Waals surface area contributed by atoms with Gasteiger partial charge in [-0.15, -0.1) is 0 Å². The molecule has 1 rings (SSSR count). The summed E-state index contributed by atoms with van der Waals surface area (Å²) in [5.74, 6) is 0.0621. The molecule has 2 N–H and O–H groups in total. The zero-order chi connectivity index (χ0) is 13.7. The predicted molar refractivity (Wildman–Crippen MR) is 66.3 cm³/mol. The summed E-state index contributed by atoms with van der Waals surface area (Å²) >= 11 is 0. The van der Waals surface area contributed by atoms with E-state index in [9.17, 15) is 9.59 Å². The molecule has 100 valence electrons. The number of hydrogen-bond acceptors (Lipinski definition) is 4. The van der Waals surface area contributed by atoms with Crippen LogP contribution in [0, 0.1) is 6.92 Å². The van der Waals surface area contributed by atoms with E-state index in [1.807, 2.05) is 20.8 Å². The Morgan fingerprint density at radius 2 is 2.00 bits per heavy atom. The summed E-state index contributed by atoms with van der Waals surface area (Å²) in [7, 11) is 0. The second kappa shape index (κ2) is 6.18. The Bertz CT molecular complexity index is 438. The van der Waals surface area contributed by atoms with Gasteiger partial charge in [-0.1, -0.05) is 19.0 Å². The summed E-state index contributed by atoms with van der Waals surface area (Å²) in [6, 6.07) is 0. The van der Waals surface area contributed by atoms with Gasteiger partial charge in [-0.25, -0.2) is 0 Å². The lowest BCUT2D eigenvalue weighted by Crippen LogP contribution is -2.37. The van der Waals surface area contributed by atoms with Crippen LogP contribution < -0.4 is 10.6 Å². The number of carbonyl (C=O) groups excluding carboxylic acids is 2. The first-order chi connectivity index (χ1) is 8.47. The van der Waals surface area contributed by atoms with E-state index >= 15 is 0 Å². The number of nitrogens with zero attached hydrogens (tertiary/aromatic N) is 1. The molecule has 0 aliphatic carbocycles. The van der Waals surface area contributed by atoms with Gasteiger partial charge in [0.25, 0.3) is 5.91 Å². The van der Waals surface area contributed by atoms with Crippen LogP contribution >= 0.6 is 0 Å². The van der Waals surface area contributed by atoms with Gasteiger partial charge < -0.3 is 15.2 Å². The molecular weight excluding hydrogens is 234 g/mol. The molecule has 6 nitrogen and oxygen atoms in total. The predicted octanol–water partition coefficient (Wildman–Crippen LogP) is 0.972. The zero-order valence-corrected chi connectivity index (χ0v) is 11.2. The Kier molecular flexibility index (Phi) is 4.88. The number of hydrogen-bond donors (Lipinski definition) is 2. The van der Waals surface area contributed by atoms with Crippen LogP contribution in [0.25, 0.3) is 0 Å². The number of aromatic nitrogens is 1.